The number of halogens is 1. The van der Waals surface area contributed by atoms with Gasteiger partial charge in [-0.25, -0.2) is 12.8 Å². The van der Waals surface area contributed by atoms with E-state index in [4.69, 9.17) is 5.73 Å². The van der Waals surface area contributed by atoms with E-state index in [2.05, 4.69) is 4.72 Å². The van der Waals surface area contributed by atoms with Gasteiger partial charge in [-0.15, -0.1) is 0 Å². The van der Waals surface area contributed by atoms with Crippen LogP contribution in [0.1, 0.15) is 0 Å². The molecule has 9 heteroatoms. The number of nitrogens with zero attached hydrogens (tertiary/aromatic N) is 1. The smallest absolute Gasteiger partial charge is 0.312 e. The zero-order valence-corrected chi connectivity index (χ0v) is 11.3. The quantitative estimate of drug-likeness (QED) is 0.510. The summed E-state index contributed by atoms with van der Waals surface area (Å²) in [5.74, 6) is -0.641. The monoisotopic (exact) mass is 311 g/mol. The third-order valence-corrected chi connectivity index (χ3v) is 3.99. The van der Waals surface area contributed by atoms with E-state index in [1.54, 1.807) is 0 Å². The Balaban J connectivity index is 2.50. The molecule has 0 saturated heterocycles. The molecule has 0 spiro atoms. The fourth-order valence-electron chi connectivity index (χ4n) is 1.71. The first kappa shape index (κ1) is 14.7. The average molecular weight is 311 g/mol. The predicted octanol–water partition coefficient (Wildman–Crippen LogP) is 2.12. The average Bonchev–Trinajstić information content (AvgIpc) is 2.37. The molecule has 0 aliphatic rings. The van der Waals surface area contributed by atoms with Crippen molar-refractivity contribution < 1.29 is 17.7 Å². The Hall–Kier alpha value is -2.68. The van der Waals surface area contributed by atoms with Gasteiger partial charge in [-0.3, -0.25) is 14.8 Å². The number of nitro benzene ring substituents is 1. The molecule has 2 rings (SSSR count). The number of nitrogens with one attached hydrogen (secondary N) is 1. The summed E-state index contributed by atoms with van der Waals surface area (Å²) in [6.45, 7) is 0. The van der Waals surface area contributed by atoms with Crippen LogP contribution in [-0.2, 0) is 10.0 Å². The fourth-order valence-corrected chi connectivity index (χ4v) is 2.97. The summed E-state index contributed by atoms with van der Waals surface area (Å²) < 4.78 is 39.5. The molecule has 21 heavy (non-hydrogen) atoms. The van der Waals surface area contributed by atoms with E-state index >= 15 is 0 Å². The maximum Gasteiger partial charge on any atom is 0.312 e. The second kappa shape index (κ2) is 5.37. The van der Waals surface area contributed by atoms with Gasteiger partial charge in [-0.2, -0.15) is 0 Å². The summed E-state index contributed by atoms with van der Waals surface area (Å²) in [4.78, 5) is 9.50. The van der Waals surface area contributed by atoms with Gasteiger partial charge in [0.05, 0.1) is 10.6 Å². The van der Waals surface area contributed by atoms with Gasteiger partial charge >= 0.3 is 5.69 Å². The Kier molecular flexibility index (Phi) is 3.76. The number of nitrogens with two attached hydrogens (primary N) is 1. The number of sulfonamides is 1. The molecular formula is C12H10FN3O4S. The molecule has 0 aliphatic heterocycles. The molecule has 7 nitrogen and oxygen atoms in total. The minimum atomic E-state index is -4.27. The molecule has 0 bridgehead atoms. The van der Waals surface area contributed by atoms with E-state index in [0.717, 1.165) is 18.2 Å². The summed E-state index contributed by atoms with van der Waals surface area (Å²) in [5.41, 5.74) is 4.40. The Morgan fingerprint density at radius 1 is 1.19 bits per heavy atom. The second-order valence-corrected chi connectivity index (χ2v) is 5.72. The van der Waals surface area contributed by atoms with Crippen LogP contribution in [0.25, 0.3) is 0 Å². The third kappa shape index (κ3) is 3.08. The van der Waals surface area contributed by atoms with Crippen molar-refractivity contribution in [3.8, 4) is 0 Å². The van der Waals surface area contributed by atoms with Gasteiger partial charge < -0.3 is 5.73 Å². The highest BCUT2D eigenvalue weighted by Crippen LogP contribution is 2.30. The molecule has 0 unspecified atom stereocenters. The number of hydrogen-bond donors (Lipinski definition) is 2. The topological polar surface area (TPSA) is 115 Å². The Morgan fingerprint density at radius 3 is 2.48 bits per heavy atom. The molecule has 0 saturated carbocycles. The minimum absolute atomic E-state index is 0.0493. The normalized spacial score (nSPS) is 11.1. The van der Waals surface area contributed by atoms with Crippen molar-refractivity contribution in [1.82, 2.24) is 0 Å². The van der Waals surface area contributed by atoms with Crippen LogP contribution < -0.4 is 10.5 Å². The molecular weight excluding hydrogens is 301 g/mol. The van der Waals surface area contributed by atoms with E-state index in [-0.39, 0.29) is 11.4 Å². The van der Waals surface area contributed by atoms with Crippen LogP contribution in [0.15, 0.2) is 47.4 Å². The van der Waals surface area contributed by atoms with Crippen LogP contribution in [0.3, 0.4) is 0 Å². The van der Waals surface area contributed by atoms with Gasteiger partial charge in [-0.05, 0) is 30.3 Å². The van der Waals surface area contributed by atoms with Crippen LogP contribution in [0.2, 0.25) is 0 Å². The van der Waals surface area contributed by atoms with Crippen molar-refractivity contribution in [2.45, 2.75) is 4.90 Å². The van der Waals surface area contributed by atoms with Crippen molar-refractivity contribution in [1.29, 1.82) is 0 Å². The molecule has 0 aromatic heterocycles. The van der Waals surface area contributed by atoms with E-state index in [9.17, 15) is 22.9 Å². The Bertz CT molecular complexity index is 808. The van der Waals surface area contributed by atoms with Crippen LogP contribution >= 0.6 is 0 Å². The molecule has 0 radical (unpaired) electrons. The first-order valence-electron chi connectivity index (χ1n) is 5.62. The summed E-state index contributed by atoms with van der Waals surface area (Å²) in [6.07, 6.45) is 0. The summed E-state index contributed by atoms with van der Waals surface area (Å²) in [5, 5.41) is 11.0. The van der Waals surface area contributed by atoms with Crippen LogP contribution in [-0.4, -0.2) is 13.3 Å². The summed E-state index contributed by atoms with van der Waals surface area (Å²) in [7, 11) is -4.27. The zero-order valence-electron chi connectivity index (χ0n) is 10.5. The SMILES string of the molecule is Nc1cccc(S(=O)(=O)Nc2cccc(F)c2)c1[N+](=O)[O-]. The first-order chi connectivity index (χ1) is 9.81. The van der Waals surface area contributed by atoms with Crippen molar-refractivity contribution in [2.24, 2.45) is 0 Å². The number of nitro groups is 1. The van der Waals surface area contributed by atoms with Gasteiger partial charge in [0.25, 0.3) is 10.0 Å². The highest BCUT2D eigenvalue weighted by molar-refractivity contribution is 7.92. The van der Waals surface area contributed by atoms with Crippen molar-refractivity contribution in [3.05, 3.63) is 58.4 Å². The molecule has 2 aromatic carbocycles. The summed E-state index contributed by atoms with van der Waals surface area (Å²) >= 11 is 0. The number of para-hydroxylation sites is 1. The lowest BCUT2D eigenvalue weighted by atomic mass is 10.3. The highest BCUT2D eigenvalue weighted by atomic mass is 32.2. The van der Waals surface area contributed by atoms with Crippen molar-refractivity contribution in [2.75, 3.05) is 10.5 Å². The molecule has 0 heterocycles. The highest BCUT2D eigenvalue weighted by Gasteiger charge is 2.28. The predicted molar refractivity (Wildman–Crippen MR) is 74.7 cm³/mol. The second-order valence-electron chi connectivity index (χ2n) is 4.07. The maximum atomic E-state index is 13.1. The van der Waals surface area contributed by atoms with Gasteiger partial charge in [0.1, 0.15) is 11.5 Å². The van der Waals surface area contributed by atoms with Crippen molar-refractivity contribution >= 4 is 27.1 Å². The van der Waals surface area contributed by atoms with E-state index < -0.39 is 31.3 Å². The number of nitrogen functional groups attached to an aromatic ring is 1. The molecule has 0 aliphatic carbocycles. The fraction of sp³-hybridized carbons (Fsp3) is 0. The minimum Gasteiger partial charge on any atom is -0.393 e. The number of benzene rings is 2. The number of anilines is 2. The molecule has 2 aromatic rings. The third-order valence-electron chi connectivity index (χ3n) is 2.58. The first-order valence-corrected chi connectivity index (χ1v) is 7.11. The zero-order chi connectivity index (χ0) is 15.6. The number of rotatable bonds is 4. The van der Waals surface area contributed by atoms with Crippen molar-refractivity contribution in [3.63, 3.8) is 0 Å². The molecule has 3 N–H and O–H groups in total. The number of hydrogen-bond acceptors (Lipinski definition) is 5. The van der Waals surface area contributed by atoms with E-state index in [1.165, 1.54) is 24.3 Å². The standard InChI is InChI=1S/C12H10FN3O4S/c13-8-3-1-4-9(7-8)15-21(19,20)11-6-2-5-10(14)12(11)16(17)18/h1-7,15H,14H2. The van der Waals surface area contributed by atoms with Gasteiger partial charge in [-0.1, -0.05) is 12.1 Å². The Labute approximate surface area is 119 Å². The molecule has 0 atom stereocenters. The lowest BCUT2D eigenvalue weighted by Crippen LogP contribution is -2.15. The lowest BCUT2D eigenvalue weighted by molar-refractivity contribution is -0.386. The molecule has 0 fully saturated rings. The van der Waals surface area contributed by atoms with Crippen LogP contribution in [0.5, 0.6) is 0 Å². The molecule has 110 valence electrons. The summed E-state index contributed by atoms with van der Waals surface area (Å²) in [6, 6.07) is 8.27. The molecule has 0 amide bonds. The van der Waals surface area contributed by atoms with Gasteiger partial charge in [0, 0.05) is 0 Å². The maximum absolute atomic E-state index is 13.1. The van der Waals surface area contributed by atoms with Crippen LogP contribution in [0, 0.1) is 15.9 Å². The van der Waals surface area contributed by atoms with E-state index in [1.807, 2.05) is 0 Å². The largest absolute Gasteiger partial charge is 0.393 e. The van der Waals surface area contributed by atoms with Gasteiger partial charge in [0.15, 0.2) is 4.90 Å². The van der Waals surface area contributed by atoms with E-state index in [0.29, 0.717) is 0 Å². The lowest BCUT2D eigenvalue weighted by Gasteiger charge is -2.09. The Morgan fingerprint density at radius 2 is 1.86 bits per heavy atom. The van der Waals surface area contributed by atoms with Gasteiger partial charge in [0.2, 0.25) is 0 Å². The van der Waals surface area contributed by atoms with Crippen LogP contribution in [0.4, 0.5) is 21.5 Å².